The van der Waals surface area contributed by atoms with Gasteiger partial charge in [-0.05, 0) is 25.5 Å². The summed E-state index contributed by atoms with van der Waals surface area (Å²) in [5, 5.41) is 6.19. The van der Waals surface area contributed by atoms with Gasteiger partial charge in [-0.1, -0.05) is 18.5 Å². The summed E-state index contributed by atoms with van der Waals surface area (Å²) in [6, 6.07) is 3.42. The number of amides is 1. The fourth-order valence-electron chi connectivity index (χ4n) is 1.36. The molecule has 5 nitrogen and oxygen atoms in total. The van der Waals surface area contributed by atoms with Gasteiger partial charge in [-0.25, -0.2) is 4.98 Å². The number of carbonyl (C=O) groups excluding carboxylic acids is 1. The van der Waals surface area contributed by atoms with Crippen molar-refractivity contribution in [3.63, 3.8) is 0 Å². The minimum atomic E-state index is -0.297. The molecular formula is C13H20ClN3O2. The van der Waals surface area contributed by atoms with Crippen molar-refractivity contribution in [3.8, 4) is 0 Å². The lowest BCUT2D eigenvalue weighted by atomic mass is 10.3. The van der Waals surface area contributed by atoms with E-state index in [1.807, 2.05) is 6.92 Å². The summed E-state index contributed by atoms with van der Waals surface area (Å²) < 4.78 is 5.06. The molecular weight excluding hydrogens is 266 g/mol. The van der Waals surface area contributed by atoms with E-state index in [1.54, 1.807) is 19.2 Å². The molecule has 1 heterocycles. The van der Waals surface area contributed by atoms with E-state index in [2.05, 4.69) is 22.5 Å². The Hall–Kier alpha value is -1.33. The van der Waals surface area contributed by atoms with Crippen LogP contribution >= 0.6 is 11.6 Å². The van der Waals surface area contributed by atoms with E-state index in [0.29, 0.717) is 17.4 Å². The van der Waals surface area contributed by atoms with Crippen molar-refractivity contribution >= 4 is 23.3 Å². The normalized spacial score (nSPS) is 12.0. The van der Waals surface area contributed by atoms with Crippen LogP contribution in [-0.2, 0) is 4.74 Å². The molecule has 1 amide bonds. The van der Waals surface area contributed by atoms with Crippen molar-refractivity contribution in [1.82, 2.24) is 10.3 Å². The van der Waals surface area contributed by atoms with Crippen molar-refractivity contribution in [2.45, 2.75) is 26.4 Å². The van der Waals surface area contributed by atoms with Crippen LogP contribution < -0.4 is 10.6 Å². The van der Waals surface area contributed by atoms with E-state index in [0.717, 1.165) is 13.0 Å². The first-order valence-corrected chi connectivity index (χ1v) is 6.67. The SMILES string of the molecule is CCCNc1ccc(Cl)c(C(=O)NCC(C)OC)n1. The summed E-state index contributed by atoms with van der Waals surface area (Å²) in [6.07, 6.45) is 0.932. The number of carbonyl (C=O) groups is 1. The number of halogens is 1. The first kappa shape index (κ1) is 15.7. The number of rotatable bonds is 7. The van der Waals surface area contributed by atoms with Gasteiger partial charge >= 0.3 is 0 Å². The van der Waals surface area contributed by atoms with Crippen LogP contribution in [0, 0.1) is 0 Å². The van der Waals surface area contributed by atoms with Crippen LogP contribution in [0.5, 0.6) is 0 Å². The molecule has 0 aliphatic carbocycles. The van der Waals surface area contributed by atoms with Gasteiger partial charge in [0.15, 0.2) is 0 Å². The van der Waals surface area contributed by atoms with Crippen molar-refractivity contribution < 1.29 is 9.53 Å². The van der Waals surface area contributed by atoms with E-state index in [4.69, 9.17) is 16.3 Å². The highest BCUT2D eigenvalue weighted by atomic mass is 35.5. The first-order chi connectivity index (χ1) is 9.08. The predicted octanol–water partition coefficient (Wildman–Crippen LogP) is 2.32. The molecule has 1 unspecified atom stereocenters. The number of nitrogens with one attached hydrogen (secondary N) is 2. The highest BCUT2D eigenvalue weighted by Gasteiger charge is 2.13. The summed E-state index contributed by atoms with van der Waals surface area (Å²) in [7, 11) is 1.59. The summed E-state index contributed by atoms with van der Waals surface area (Å²) in [4.78, 5) is 16.2. The second-order valence-corrected chi connectivity index (χ2v) is 4.62. The zero-order chi connectivity index (χ0) is 14.3. The van der Waals surface area contributed by atoms with Gasteiger partial charge in [0.25, 0.3) is 5.91 Å². The lowest BCUT2D eigenvalue weighted by Gasteiger charge is -2.12. The first-order valence-electron chi connectivity index (χ1n) is 6.29. The third-order valence-corrected chi connectivity index (χ3v) is 2.87. The molecule has 0 radical (unpaired) electrons. The maximum Gasteiger partial charge on any atom is 0.271 e. The fourth-order valence-corrected chi connectivity index (χ4v) is 1.55. The number of pyridine rings is 1. The number of nitrogens with zero attached hydrogens (tertiary/aromatic N) is 1. The second-order valence-electron chi connectivity index (χ2n) is 4.21. The standard InChI is InChI=1S/C13H20ClN3O2/c1-4-7-15-11-6-5-10(14)12(17-11)13(18)16-8-9(2)19-3/h5-6,9H,4,7-8H2,1-3H3,(H,15,17)(H,16,18). The van der Waals surface area contributed by atoms with E-state index in [-0.39, 0.29) is 17.7 Å². The Morgan fingerprint density at radius 2 is 2.26 bits per heavy atom. The van der Waals surface area contributed by atoms with Gasteiger partial charge in [-0.2, -0.15) is 0 Å². The summed E-state index contributed by atoms with van der Waals surface area (Å²) in [6.45, 7) is 5.15. The molecule has 1 aromatic rings. The third-order valence-electron chi connectivity index (χ3n) is 2.57. The Bertz CT molecular complexity index is 426. The molecule has 0 fully saturated rings. The van der Waals surface area contributed by atoms with Gasteiger partial charge in [0.2, 0.25) is 0 Å². The van der Waals surface area contributed by atoms with Gasteiger partial charge in [0.05, 0.1) is 11.1 Å². The van der Waals surface area contributed by atoms with Crippen LogP contribution in [0.25, 0.3) is 0 Å². The van der Waals surface area contributed by atoms with Gasteiger partial charge in [-0.3, -0.25) is 4.79 Å². The molecule has 106 valence electrons. The van der Waals surface area contributed by atoms with Crippen LogP contribution in [0.4, 0.5) is 5.82 Å². The zero-order valence-corrected chi connectivity index (χ0v) is 12.3. The molecule has 1 rings (SSSR count). The Labute approximate surface area is 118 Å². The lowest BCUT2D eigenvalue weighted by Crippen LogP contribution is -2.32. The Morgan fingerprint density at radius 3 is 2.89 bits per heavy atom. The smallest absolute Gasteiger partial charge is 0.271 e. The monoisotopic (exact) mass is 285 g/mol. The van der Waals surface area contributed by atoms with Crippen molar-refractivity contribution in [3.05, 3.63) is 22.8 Å². The average molecular weight is 286 g/mol. The molecule has 2 N–H and O–H groups in total. The molecule has 0 saturated carbocycles. The molecule has 0 saturated heterocycles. The van der Waals surface area contributed by atoms with Gasteiger partial charge in [-0.15, -0.1) is 0 Å². The van der Waals surface area contributed by atoms with Crippen molar-refractivity contribution in [1.29, 1.82) is 0 Å². The van der Waals surface area contributed by atoms with Crippen molar-refractivity contribution in [2.24, 2.45) is 0 Å². The number of hydrogen-bond acceptors (Lipinski definition) is 4. The van der Waals surface area contributed by atoms with E-state index in [9.17, 15) is 4.79 Å². The fraction of sp³-hybridized carbons (Fsp3) is 0.538. The van der Waals surface area contributed by atoms with E-state index in [1.165, 1.54) is 0 Å². The molecule has 1 atom stereocenters. The molecule has 6 heteroatoms. The molecule has 0 aliphatic rings. The van der Waals surface area contributed by atoms with Crippen LogP contribution in [0.2, 0.25) is 5.02 Å². The minimum Gasteiger partial charge on any atom is -0.380 e. The molecule has 19 heavy (non-hydrogen) atoms. The highest BCUT2D eigenvalue weighted by Crippen LogP contribution is 2.16. The Kier molecular flexibility index (Phi) is 6.59. The number of anilines is 1. The maximum atomic E-state index is 12.0. The van der Waals surface area contributed by atoms with E-state index < -0.39 is 0 Å². The van der Waals surface area contributed by atoms with Gasteiger partial charge < -0.3 is 15.4 Å². The van der Waals surface area contributed by atoms with E-state index >= 15 is 0 Å². The lowest BCUT2D eigenvalue weighted by molar-refractivity contribution is 0.0866. The Balaban J connectivity index is 2.72. The van der Waals surface area contributed by atoms with Crippen LogP contribution in [0.3, 0.4) is 0 Å². The predicted molar refractivity (Wildman–Crippen MR) is 76.8 cm³/mol. The summed E-state index contributed by atoms with van der Waals surface area (Å²) in [5.41, 5.74) is 0.228. The van der Waals surface area contributed by atoms with Crippen molar-refractivity contribution in [2.75, 3.05) is 25.5 Å². The van der Waals surface area contributed by atoms with Crippen LogP contribution in [0.15, 0.2) is 12.1 Å². The summed E-state index contributed by atoms with van der Waals surface area (Å²) >= 11 is 5.99. The number of ether oxygens (including phenoxy) is 1. The number of hydrogen-bond donors (Lipinski definition) is 2. The largest absolute Gasteiger partial charge is 0.380 e. The molecule has 1 aromatic heterocycles. The van der Waals surface area contributed by atoms with Crippen LogP contribution in [0.1, 0.15) is 30.8 Å². The average Bonchev–Trinajstić information content (AvgIpc) is 2.43. The second kappa shape index (κ2) is 7.96. The molecule has 0 aromatic carbocycles. The topological polar surface area (TPSA) is 63.2 Å². The summed E-state index contributed by atoms with van der Waals surface area (Å²) in [5.74, 6) is 0.352. The minimum absolute atomic E-state index is 0.0517. The third kappa shape index (κ3) is 5.04. The number of aromatic nitrogens is 1. The van der Waals surface area contributed by atoms with Gasteiger partial charge in [0, 0.05) is 20.2 Å². The molecule has 0 aliphatic heterocycles. The van der Waals surface area contributed by atoms with Crippen LogP contribution in [-0.4, -0.2) is 37.2 Å². The highest BCUT2D eigenvalue weighted by molar-refractivity contribution is 6.33. The number of methoxy groups -OCH3 is 1. The molecule has 0 spiro atoms. The zero-order valence-electron chi connectivity index (χ0n) is 11.5. The van der Waals surface area contributed by atoms with Gasteiger partial charge in [0.1, 0.15) is 11.5 Å². The Morgan fingerprint density at radius 1 is 1.53 bits per heavy atom. The quantitative estimate of drug-likeness (QED) is 0.807. The molecule has 0 bridgehead atoms. The maximum absolute atomic E-state index is 12.0.